The van der Waals surface area contributed by atoms with Crippen LogP contribution in [0.25, 0.3) is 11.0 Å². The SMILES string of the molecule is CC(C(N)=O)n1c(SCC(=O)O)nc2ccc(C#N)cc21. The Morgan fingerprint density at radius 1 is 1.57 bits per heavy atom. The second-order valence-electron chi connectivity index (χ2n) is 4.34. The van der Waals surface area contributed by atoms with Gasteiger partial charge in [0.1, 0.15) is 6.04 Å². The first-order valence-corrected chi connectivity index (χ1v) is 6.98. The number of imidazole rings is 1. The molecule has 0 saturated heterocycles. The number of thioether (sulfide) groups is 1. The molecular formula is C13H12N4O3S. The minimum atomic E-state index is -0.983. The third-order valence-electron chi connectivity index (χ3n) is 2.91. The quantitative estimate of drug-likeness (QED) is 0.798. The molecule has 0 aliphatic rings. The summed E-state index contributed by atoms with van der Waals surface area (Å²) in [7, 11) is 0. The Morgan fingerprint density at radius 3 is 2.86 bits per heavy atom. The fraction of sp³-hybridized carbons (Fsp3) is 0.231. The molecule has 0 spiro atoms. The number of rotatable bonds is 5. The first-order valence-electron chi connectivity index (χ1n) is 6.00. The van der Waals surface area contributed by atoms with Crippen LogP contribution in [0.5, 0.6) is 0 Å². The highest BCUT2D eigenvalue weighted by Gasteiger charge is 2.20. The van der Waals surface area contributed by atoms with Crippen molar-refractivity contribution in [1.82, 2.24) is 9.55 Å². The highest BCUT2D eigenvalue weighted by Crippen LogP contribution is 2.28. The van der Waals surface area contributed by atoms with E-state index < -0.39 is 17.9 Å². The standard InChI is InChI=1S/C13H12N4O3S/c1-7(12(15)20)17-10-4-8(5-14)2-3-9(10)16-13(17)21-6-11(18)19/h2-4,7H,6H2,1H3,(H2,15,20)(H,18,19). The topological polar surface area (TPSA) is 122 Å². The Hall–Kier alpha value is -2.53. The smallest absolute Gasteiger partial charge is 0.313 e. The number of carboxylic acids is 1. The molecule has 8 heteroatoms. The van der Waals surface area contributed by atoms with Crippen LogP contribution in [-0.2, 0) is 9.59 Å². The van der Waals surface area contributed by atoms with Crippen molar-refractivity contribution < 1.29 is 14.7 Å². The fourth-order valence-electron chi connectivity index (χ4n) is 1.87. The van der Waals surface area contributed by atoms with Crippen molar-refractivity contribution in [3.63, 3.8) is 0 Å². The normalized spacial score (nSPS) is 12.0. The molecule has 0 fully saturated rings. The van der Waals surface area contributed by atoms with Gasteiger partial charge in [0.25, 0.3) is 0 Å². The van der Waals surface area contributed by atoms with E-state index in [1.807, 2.05) is 6.07 Å². The Morgan fingerprint density at radius 2 is 2.29 bits per heavy atom. The minimum absolute atomic E-state index is 0.181. The monoisotopic (exact) mass is 304 g/mol. The molecule has 0 aliphatic carbocycles. The van der Waals surface area contributed by atoms with Gasteiger partial charge in [0, 0.05) is 0 Å². The van der Waals surface area contributed by atoms with E-state index in [1.165, 1.54) is 0 Å². The Kier molecular flexibility index (Phi) is 4.14. The second kappa shape index (κ2) is 5.85. The molecule has 0 saturated carbocycles. The number of benzene rings is 1. The summed E-state index contributed by atoms with van der Waals surface area (Å²) in [4.78, 5) is 26.5. The zero-order valence-electron chi connectivity index (χ0n) is 11.1. The molecule has 1 amide bonds. The van der Waals surface area contributed by atoms with Crippen LogP contribution in [0.15, 0.2) is 23.4 Å². The minimum Gasteiger partial charge on any atom is -0.481 e. The molecule has 1 atom stereocenters. The first kappa shape index (κ1) is 14.9. The van der Waals surface area contributed by atoms with Crippen molar-refractivity contribution in [2.24, 2.45) is 5.73 Å². The number of carboxylic acid groups (broad SMARTS) is 1. The molecule has 2 rings (SSSR count). The molecule has 1 heterocycles. The molecule has 1 aromatic heterocycles. The van der Waals surface area contributed by atoms with Gasteiger partial charge in [0.2, 0.25) is 5.91 Å². The summed E-state index contributed by atoms with van der Waals surface area (Å²) in [5.41, 5.74) is 6.92. The van der Waals surface area contributed by atoms with Gasteiger partial charge in [-0.15, -0.1) is 0 Å². The van der Waals surface area contributed by atoms with E-state index in [-0.39, 0.29) is 5.75 Å². The van der Waals surface area contributed by atoms with Crippen LogP contribution in [0.3, 0.4) is 0 Å². The molecule has 0 bridgehead atoms. The van der Waals surface area contributed by atoms with Crippen LogP contribution in [0.4, 0.5) is 0 Å². The maximum absolute atomic E-state index is 11.5. The summed E-state index contributed by atoms with van der Waals surface area (Å²) in [5, 5.41) is 18.1. The van der Waals surface area contributed by atoms with Crippen molar-refractivity contribution in [1.29, 1.82) is 5.26 Å². The van der Waals surface area contributed by atoms with Crippen LogP contribution < -0.4 is 5.73 Å². The Balaban J connectivity index is 2.61. The van der Waals surface area contributed by atoms with E-state index in [1.54, 1.807) is 29.7 Å². The fourth-order valence-corrected chi connectivity index (χ4v) is 2.68. The van der Waals surface area contributed by atoms with Gasteiger partial charge in [-0.05, 0) is 25.1 Å². The van der Waals surface area contributed by atoms with Crippen molar-refractivity contribution in [2.75, 3.05) is 5.75 Å². The summed E-state index contributed by atoms with van der Waals surface area (Å²) in [6.07, 6.45) is 0. The van der Waals surface area contributed by atoms with Crippen LogP contribution in [0.1, 0.15) is 18.5 Å². The number of amides is 1. The van der Waals surface area contributed by atoms with E-state index >= 15 is 0 Å². The van der Waals surface area contributed by atoms with Crippen molar-refractivity contribution in [2.45, 2.75) is 18.1 Å². The van der Waals surface area contributed by atoms with E-state index in [0.717, 1.165) is 11.8 Å². The highest BCUT2D eigenvalue weighted by molar-refractivity contribution is 7.99. The van der Waals surface area contributed by atoms with Crippen molar-refractivity contribution in [3.05, 3.63) is 23.8 Å². The number of nitriles is 1. The number of nitrogens with two attached hydrogens (primary N) is 1. The number of carbonyl (C=O) groups is 2. The molecule has 108 valence electrons. The van der Waals surface area contributed by atoms with Gasteiger partial charge in [-0.1, -0.05) is 11.8 Å². The zero-order chi connectivity index (χ0) is 15.6. The molecule has 2 aromatic rings. The van der Waals surface area contributed by atoms with Gasteiger partial charge in [-0.3, -0.25) is 9.59 Å². The molecule has 3 N–H and O–H groups in total. The second-order valence-corrected chi connectivity index (χ2v) is 5.28. The molecule has 1 unspecified atom stereocenters. The molecule has 1 aromatic carbocycles. The number of carbonyl (C=O) groups excluding carboxylic acids is 1. The lowest BCUT2D eigenvalue weighted by Crippen LogP contribution is -2.24. The summed E-state index contributed by atoms with van der Waals surface area (Å²) in [6.45, 7) is 1.60. The maximum atomic E-state index is 11.5. The lowest BCUT2D eigenvalue weighted by Gasteiger charge is -2.13. The van der Waals surface area contributed by atoms with Crippen LogP contribution >= 0.6 is 11.8 Å². The Bertz CT molecular complexity index is 763. The number of aromatic nitrogens is 2. The van der Waals surface area contributed by atoms with Gasteiger partial charge in [0.05, 0.1) is 28.4 Å². The maximum Gasteiger partial charge on any atom is 0.313 e. The zero-order valence-corrected chi connectivity index (χ0v) is 11.9. The molecule has 0 radical (unpaired) electrons. The van der Waals surface area contributed by atoms with Gasteiger partial charge in [0.15, 0.2) is 5.16 Å². The van der Waals surface area contributed by atoms with Crippen LogP contribution in [0.2, 0.25) is 0 Å². The predicted molar refractivity (Wildman–Crippen MR) is 76.7 cm³/mol. The number of aliphatic carboxylic acids is 1. The third kappa shape index (κ3) is 2.98. The number of primary amides is 1. The Labute approximate surface area is 124 Å². The summed E-state index contributed by atoms with van der Waals surface area (Å²) < 4.78 is 1.56. The predicted octanol–water partition coefficient (Wildman–Crippen LogP) is 1.13. The molecular weight excluding hydrogens is 292 g/mol. The summed E-state index contributed by atoms with van der Waals surface area (Å²) in [5.74, 6) is -1.73. The third-order valence-corrected chi connectivity index (χ3v) is 3.85. The molecule has 21 heavy (non-hydrogen) atoms. The first-order chi connectivity index (χ1) is 9.93. The number of nitrogens with zero attached hydrogens (tertiary/aromatic N) is 3. The molecule has 7 nitrogen and oxygen atoms in total. The lowest BCUT2D eigenvalue weighted by molar-refractivity contribution is -0.133. The highest BCUT2D eigenvalue weighted by atomic mass is 32.2. The van der Waals surface area contributed by atoms with E-state index in [0.29, 0.717) is 21.8 Å². The molecule has 0 aliphatic heterocycles. The van der Waals surface area contributed by atoms with Gasteiger partial charge in [-0.25, -0.2) is 4.98 Å². The lowest BCUT2D eigenvalue weighted by atomic mass is 10.2. The van der Waals surface area contributed by atoms with Gasteiger partial charge >= 0.3 is 5.97 Å². The number of hydrogen-bond acceptors (Lipinski definition) is 5. The van der Waals surface area contributed by atoms with Crippen LogP contribution in [0, 0.1) is 11.3 Å². The van der Waals surface area contributed by atoms with Gasteiger partial charge in [-0.2, -0.15) is 5.26 Å². The van der Waals surface area contributed by atoms with Gasteiger partial charge < -0.3 is 15.4 Å². The van der Waals surface area contributed by atoms with E-state index in [2.05, 4.69) is 4.98 Å². The summed E-state index contributed by atoms with van der Waals surface area (Å²) >= 11 is 1.00. The average Bonchev–Trinajstić information content (AvgIpc) is 2.81. The van der Waals surface area contributed by atoms with E-state index in [9.17, 15) is 9.59 Å². The average molecular weight is 304 g/mol. The largest absolute Gasteiger partial charge is 0.481 e. The number of fused-ring (bicyclic) bond motifs is 1. The summed E-state index contributed by atoms with van der Waals surface area (Å²) in [6, 6.07) is 6.19. The van der Waals surface area contributed by atoms with Crippen molar-refractivity contribution >= 4 is 34.7 Å². The van der Waals surface area contributed by atoms with E-state index in [4.69, 9.17) is 16.1 Å². The van der Waals surface area contributed by atoms with Crippen molar-refractivity contribution in [3.8, 4) is 6.07 Å². The van der Waals surface area contributed by atoms with Crippen LogP contribution in [-0.4, -0.2) is 32.3 Å². The number of hydrogen-bond donors (Lipinski definition) is 2.